The normalized spacial score (nSPS) is 18.8. The van der Waals surface area contributed by atoms with Gasteiger partial charge in [-0.15, -0.1) is 0 Å². The van der Waals surface area contributed by atoms with Gasteiger partial charge in [-0.3, -0.25) is 4.72 Å². The van der Waals surface area contributed by atoms with Crippen molar-refractivity contribution in [2.24, 2.45) is 5.92 Å². The summed E-state index contributed by atoms with van der Waals surface area (Å²) in [6.45, 7) is 0.840. The van der Waals surface area contributed by atoms with Gasteiger partial charge in [-0.25, -0.2) is 8.42 Å². The van der Waals surface area contributed by atoms with Gasteiger partial charge in [0.05, 0.1) is 22.7 Å². The summed E-state index contributed by atoms with van der Waals surface area (Å²) in [7, 11) is -3.27. The monoisotopic (exact) mass is 314 g/mol. The van der Waals surface area contributed by atoms with E-state index in [1.54, 1.807) is 18.2 Å². The van der Waals surface area contributed by atoms with Crippen molar-refractivity contribution in [3.63, 3.8) is 0 Å². The third kappa shape index (κ3) is 4.72. The van der Waals surface area contributed by atoms with Crippen LogP contribution >= 0.6 is 11.6 Å². The summed E-state index contributed by atoms with van der Waals surface area (Å²) < 4.78 is 24.9. The molecule has 2 rings (SSSR count). The van der Waals surface area contributed by atoms with Crippen molar-refractivity contribution in [3.05, 3.63) is 35.4 Å². The first-order chi connectivity index (χ1) is 9.44. The molecule has 1 aliphatic rings. The molecule has 4 nitrogen and oxygen atoms in total. The number of anilines is 2. The van der Waals surface area contributed by atoms with E-state index in [2.05, 4.69) is 22.2 Å². The highest BCUT2D eigenvalue weighted by atomic mass is 35.5. The van der Waals surface area contributed by atoms with E-state index in [0.717, 1.165) is 31.3 Å². The topological polar surface area (TPSA) is 58.2 Å². The number of benzene rings is 1. The second-order valence-corrected chi connectivity index (χ2v) is 7.26. The van der Waals surface area contributed by atoms with Gasteiger partial charge in [0.2, 0.25) is 10.0 Å². The van der Waals surface area contributed by atoms with Crippen LogP contribution in [0.3, 0.4) is 0 Å². The fourth-order valence-corrected chi connectivity index (χ4v) is 2.97. The lowest BCUT2D eigenvalue weighted by atomic mass is 9.94. The van der Waals surface area contributed by atoms with Crippen molar-refractivity contribution >= 4 is 33.0 Å². The number of allylic oxidation sites excluding steroid dienone is 2. The highest BCUT2D eigenvalue weighted by Crippen LogP contribution is 2.27. The van der Waals surface area contributed by atoms with Crippen molar-refractivity contribution < 1.29 is 8.42 Å². The van der Waals surface area contributed by atoms with Crippen LogP contribution in [0.1, 0.15) is 19.3 Å². The van der Waals surface area contributed by atoms with Crippen LogP contribution in [-0.2, 0) is 10.0 Å². The first-order valence-corrected chi connectivity index (χ1v) is 8.87. The molecular weight excluding hydrogens is 296 g/mol. The van der Waals surface area contributed by atoms with Crippen LogP contribution in [-0.4, -0.2) is 21.2 Å². The number of rotatable bonds is 5. The minimum atomic E-state index is -3.27. The van der Waals surface area contributed by atoms with Crippen molar-refractivity contribution in [1.29, 1.82) is 0 Å². The molecule has 1 aromatic carbocycles. The average Bonchev–Trinajstić information content (AvgIpc) is 2.39. The van der Waals surface area contributed by atoms with Crippen LogP contribution in [0.5, 0.6) is 0 Å². The van der Waals surface area contributed by atoms with Crippen LogP contribution in [0.2, 0.25) is 5.02 Å². The Morgan fingerprint density at radius 2 is 2.15 bits per heavy atom. The molecule has 0 bridgehead atoms. The molecule has 110 valence electrons. The molecule has 6 heteroatoms. The number of hydrogen-bond acceptors (Lipinski definition) is 3. The molecule has 0 fully saturated rings. The predicted molar refractivity (Wildman–Crippen MR) is 84.9 cm³/mol. The molecule has 1 aromatic rings. The average molecular weight is 315 g/mol. The quantitative estimate of drug-likeness (QED) is 0.818. The number of hydrogen-bond donors (Lipinski definition) is 2. The van der Waals surface area contributed by atoms with Crippen LogP contribution < -0.4 is 10.0 Å². The smallest absolute Gasteiger partial charge is 0.229 e. The molecule has 0 saturated carbocycles. The van der Waals surface area contributed by atoms with Crippen LogP contribution in [0, 0.1) is 5.92 Å². The lowest BCUT2D eigenvalue weighted by Crippen LogP contribution is -2.16. The number of nitrogens with one attached hydrogen (secondary N) is 2. The second-order valence-electron chi connectivity index (χ2n) is 5.10. The summed E-state index contributed by atoms with van der Waals surface area (Å²) in [5.74, 6) is 0.600. The Labute approximate surface area is 125 Å². The summed E-state index contributed by atoms with van der Waals surface area (Å²) in [5.41, 5.74) is 1.28. The van der Waals surface area contributed by atoms with Gasteiger partial charge in [0.15, 0.2) is 0 Å². The van der Waals surface area contributed by atoms with Gasteiger partial charge in [-0.05, 0) is 43.4 Å². The molecule has 1 unspecified atom stereocenters. The molecule has 20 heavy (non-hydrogen) atoms. The highest BCUT2D eigenvalue weighted by molar-refractivity contribution is 7.92. The van der Waals surface area contributed by atoms with Crippen LogP contribution in [0.25, 0.3) is 0 Å². The van der Waals surface area contributed by atoms with Gasteiger partial charge in [0.25, 0.3) is 0 Å². The minimum absolute atomic E-state index is 0.517. The van der Waals surface area contributed by atoms with Gasteiger partial charge in [0, 0.05) is 6.54 Å². The number of halogens is 1. The van der Waals surface area contributed by atoms with Gasteiger partial charge in [0.1, 0.15) is 0 Å². The fraction of sp³-hybridized carbons (Fsp3) is 0.429. The molecule has 0 heterocycles. The van der Waals surface area contributed by atoms with E-state index in [1.165, 1.54) is 6.42 Å². The lowest BCUT2D eigenvalue weighted by Gasteiger charge is -2.19. The van der Waals surface area contributed by atoms with E-state index in [9.17, 15) is 8.42 Å². The highest BCUT2D eigenvalue weighted by Gasteiger charge is 2.11. The molecular formula is C14H19ClN2O2S. The molecule has 0 spiro atoms. The maximum absolute atomic E-state index is 11.2. The summed E-state index contributed by atoms with van der Waals surface area (Å²) >= 11 is 6.13. The SMILES string of the molecule is CS(=O)(=O)Nc1ccc(Cl)c(NCC2CC=CCC2)c1. The van der Waals surface area contributed by atoms with E-state index in [1.807, 2.05) is 0 Å². The Balaban J connectivity index is 2.02. The lowest BCUT2D eigenvalue weighted by molar-refractivity contribution is 0.504. The molecule has 0 saturated heterocycles. The minimum Gasteiger partial charge on any atom is -0.383 e. The Morgan fingerprint density at radius 1 is 1.35 bits per heavy atom. The molecule has 1 atom stereocenters. The van der Waals surface area contributed by atoms with E-state index >= 15 is 0 Å². The summed E-state index contributed by atoms with van der Waals surface area (Å²) in [6.07, 6.45) is 8.91. The maximum Gasteiger partial charge on any atom is 0.229 e. The zero-order chi connectivity index (χ0) is 14.6. The molecule has 2 N–H and O–H groups in total. The van der Waals surface area contributed by atoms with Gasteiger partial charge >= 0.3 is 0 Å². The van der Waals surface area contributed by atoms with Crippen LogP contribution in [0.4, 0.5) is 11.4 Å². The third-order valence-corrected chi connectivity index (χ3v) is 4.16. The van der Waals surface area contributed by atoms with E-state index in [-0.39, 0.29) is 0 Å². The van der Waals surface area contributed by atoms with E-state index < -0.39 is 10.0 Å². The first kappa shape index (κ1) is 15.2. The zero-order valence-corrected chi connectivity index (χ0v) is 13.0. The van der Waals surface area contributed by atoms with E-state index in [4.69, 9.17) is 11.6 Å². The third-order valence-electron chi connectivity index (χ3n) is 3.23. The van der Waals surface area contributed by atoms with Crippen LogP contribution in [0.15, 0.2) is 30.4 Å². The largest absolute Gasteiger partial charge is 0.383 e. The fourth-order valence-electron chi connectivity index (χ4n) is 2.23. The Kier molecular flexibility index (Phi) is 4.94. The molecule has 0 aromatic heterocycles. The van der Waals surface area contributed by atoms with Crippen molar-refractivity contribution in [3.8, 4) is 0 Å². The predicted octanol–water partition coefficient (Wildman–Crippen LogP) is 3.48. The van der Waals surface area contributed by atoms with E-state index in [0.29, 0.717) is 16.6 Å². The molecule has 0 amide bonds. The van der Waals surface area contributed by atoms with Gasteiger partial charge in [-0.1, -0.05) is 23.8 Å². The second kappa shape index (κ2) is 6.50. The zero-order valence-electron chi connectivity index (χ0n) is 11.4. The Hall–Kier alpha value is -1.20. The van der Waals surface area contributed by atoms with Gasteiger partial charge in [-0.2, -0.15) is 0 Å². The standard InChI is InChI=1S/C14H19ClN2O2S/c1-20(18,19)17-12-7-8-13(15)14(9-12)16-10-11-5-3-2-4-6-11/h2-3,7-9,11,16-17H,4-6,10H2,1H3. The maximum atomic E-state index is 11.2. The summed E-state index contributed by atoms with van der Waals surface area (Å²) in [5, 5.41) is 3.90. The molecule has 0 radical (unpaired) electrons. The van der Waals surface area contributed by atoms with Crippen molar-refractivity contribution in [2.45, 2.75) is 19.3 Å². The van der Waals surface area contributed by atoms with Gasteiger partial charge < -0.3 is 5.32 Å². The summed E-state index contributed by atoms with van der Waals surface area (Å²) in [6, 6.07) is 5.07. The van der Waals surface area contributed by atoms with Crippen molar-refractivity contribution in [1.82, 2.24) is 0 Å². The Morgan fingerprint density at radius 3 is 2.80 bits per heavy atom. The van der Waals surface area contributed by atoms with Crippen molar-refractivity contribution in [2.75, 3.05) is 22.8 Å². The Bertz CT molecular complexity index is 599. The first-order valence-electron chi connectivity index (χ1n) is 6.60. The molecule has 0 aliphatic heterocycles. The summed E-state index contributed by atoms with van der Waals surface area (Å²) in [4.78, 5) is 0. The number of sulfonamides is 1. The molecule has 1 aliphatic carbocycles.